The first-order chi connectivity index (χ1) is 11.7. The summed E-state index contributed by atoms with van der Waals surface area (Å²) in [4.78, 5) is 1.02. The Morgan fingerprint density at radius 3 is 2.50 bits per heavy atom. The molecule has 1 aromatic heterocycles. The van der Waals surface area contributed by atoms with Gasteiger partial charge in [-0.05, 0) is 57.9 Å². The van der Waals surface area contributed by atoms with Crippen LogP contribution in [0.15, 0.2) is 79.5 Å². The van der Waals surface area contributed by atoms with Crippen LogP contribution in [0.2, 0.25) is 5.02 Å². The van der Waals surface area contributed by atoms with E-state index in [2.05, 4.69) is 22.0 Å². The monoisotopic (exact) mass is 415 g/mol. The summed E-state index contributed by atoms with van der Waals surface area (Å²) in [5.74, 6) is 0.624. The summed E-state index contributed by atoms with van der Waals surface area (Å²) in [5, 5.41) is 10.8. The molecule has 0 aliphatic heterocycles. The first kappa shape index (κ1) is 16.9. The maximum Gasteiger partial charge on any atom is 0.179 e. The number of benzene rings is 2. The van der Waals surface area contributed by atoms with Crippen LogP contribution >= 0.6 is 39.3 Å². The lowest BCUT2D eigenvalue weighted by atomic mass is 10.1. The van der Waals surface area contributed by atoms with Crippen molar-refractivity contribution in [3.63, 3.8) is 0 Å². The third-order valence-corrected chi connectivity index (χ3v) is 5.29. The van der Waals surface area contributed by atoms with Gasteiger partial charge >= 0.3 is 0 Å². The van der Waals surface area contributed by atoms with E-state index < -0.39 is 0 Å². The molecule has 2 nitrogen and oxygen atoms in total. The minimum absolute atomic E-state index is 0.555. The van der Waals surface area contributed by atoms with Gasteiger partial charge in [-0.25, -0.2) is 0 Å². The molecule has 0 saturated carbocycles. The van der Waals surface area contributed by atoms with Gasteiger partial charge in [-0.3, -0.25) is 0 Å². The topological polar surface area (TPSA) is 36.9 Å². The molecule has 0 unspecified atom stereocenters. The molecule has 2 aromatic carbocycles. The van der Waals surface area contributed by atoms with E-state index in [1.54, 1.807) is 6.08 Å². The van der Waals surface area contributed by atoms with Crippen molar-refractivity contribution < 1.29 is 4.42 Å². The Kier molecular flexibility index (Phi) is 5.47. The van der Waals surface area contributed by atoms with Crippen LogP contribution in [0.25, 0.3) is 11.6 Å². The van der Waals surface area contributed by atoms with Gasteiger partial charge in [0.15, 0.2) is 5.09 Å². The van der Waals surface area contributed by atoms with Crippen LogP contribution in [0.5, 0.6) is 0 Å². The van der Waals surface area contributed by atoms with Gasteiger partial charge in [-0.1, -0.05) is 53.7 Å². The molecule has 1 heterocycles. The number of allylic oxidation sites excluding steroid dienone is 1. The Morgan fingerprint density at radius 1 is 1.12 bits per heavy atom. The molecule has 3 rings (SSSR count). The first-order valence-corrected chi connectivity index (χ1v) is 9.04. The number of halogens is 2. The fourth-order valence-corrected chi connectivity index (χ4v) is 3.52. The minimum Gasteiger partial charge on any atom is -0.449 e. The molecule has 0 atom stereocenters. The number of furan rings is 1. The van der Waals surface area contributed by atoms with Crippen LogP contribution in [0.3, 0.4) is 0 Å². The zero-order valence-electron chi connectivity index (χ0n) is 12.4. The summed E-state index contributed by atoms with van der Waals surface area (Å²) < 4.78 is 6.70. The van der Waals surface area contributed by atoms with Crippen molar-refractivity contribution in [2.24, 2.45) is 0 Å². The lowest BCUT2D eigenvalue weighted by Gasteiger charge is -1.99. The van der Waals surface area contributed by atoms with Crippen molar-refractivity contribution in [3.05, 3.63) is 81.5 Å². The van der Waals surface area contributed by atoms with Crippen molar-refractivity contribution in [2.45, 2.75) is 9.99 Å². The molecule has 118 valence electrons. The van der Waals surface area contributed by atoms with E-state index in [9.17, 15) is 5.26 Å². The Labute approximate surface area is 157 Å². The molecule has 0 saturated heterocycles. The molecule has 3 aromatic rings. The van der Waals surface area contributed by atoms with Crippen LogP contribution in [-0.4, -0.2) is 0 Å². The van der Waals surface area contributed by atoms with E-state index in [1.165, 1.54) is 11.8 Å². The Balaban J connectivity index is 1.87. The lowest BCUT2D eigenvalue weighted by molar-refractivity contribution is 0.463. The highest BCUT2D eigenvalue weighted by atomic mass is 79.9. The largest absolute Gasteiger partial charge is 0.449 e. The predicted octanol–water partition coefficient (Wildman–Crippen LogP) is 6.91. The van der Waals surface area contributed by atoms with Crippen molar-refractivity contribution in [3.8, 4) is 6.07 Å². The number of nitriles is 1. The van der Waals surface area contributed by atoms with Crippen LogP contribution in [0.4, 0.5) is 0 Å². The quantitative estimate of drug-likeness (QED) is 0.433. The molecule has 0 N–H and O–H groups in total. The summed E-state index contributed by atoms with van der Waals surface area (Å²) in [6, 6.07) is 21.1. The average molecular weight is 417 g/mol. The van der Waals surface area contributed by atoms with Gasteiger partial charge in [0.25, 0.3) is 0 Å². The maximum atomic E-state index is 9.39. The van der Waals surface area contributed by atoms with Crippen molar-refractivity contribution in [2.75, 3.05) is 0 Å². The summed E-state index contributed by atoms with van der Waals surface area (Å²) in [7, 11) is 0. The van der Waals surface area contributed by atoms with Crippen LogP contribution in [-0.2, 0) is 0 Å². The van der Waals surface area contributed by atoms with Gasteiger partial charge < -0.3 is 4.42 Å². The highest BCUT2D eigenvalue weighted by Crippen LogP contribution is 2.37. The Morgan fingerprint density at radius 2 is 1.83 bits per heavy atom. The normalized spacial score (nSPS) is 11.3. The van der Waals surface area contributed by atoms with Gasteiger partial charge in [-0.2, -0.15) is 5.26 Å². The molecule has 0 aliphatic rings. The molecular formula is C19H11BrClNOS. The summed E-state index contributed by atoms with van der Waals surface area (Å²) >= 11 is 10.9. The highest BCUT2D eigenvalue weighted by Gasteiger charge is 2.11. The van der Waals surface area contributed by atoms with Gasteiger partial charge in [0.2, 0.25) is 0 Å². The maximum absolute atomic E-state index is 9.39. The lowest BCUT2D eigenvalue weighted by Crippen LogP contribution is -1.79. The summed E-state index contributed by atoms with van der Waals surface area (Å²) in [6.07, 6.45) is 1.74. The van der Waals surface area contributed by atoms with Crippen molar-refractivity contribution >= 4 is 50.9 Å². The van der Waals surface area contributed by atoms with Crippen molar-refractivity contribution in [1.29, 1.82) is 5.26 Å². The fraction of sp³-hybridized carbons (Fsp3) is 0. The van der Waals surface area contributed by atoms with E-state index in [-0.39, 0.29) is 0 Å². The second-order valence-corrected chi connectivity index (χ2v) is 7.21. The first-order valence-electron chi connectivity index (χ1n) is 7.05. The molecular weight excluding hydrogens is 406 g/mol. The number of rotatable bonds is 4. The second kappa shape index (κ2) is 7.76. The summed E-state index contributed by atoms with van der Waals surface area (Å²) in [6.45, 7) is 0. The van der Waals surface area contributed by atoms with Crippen LogP contribution in [0, 0.1) is 11.3 Å². The molecule has 24 heavy (non-hydrogen) atoms. The molecule has 0 bridgehead atoms. The van der Waals surface area contributed by atoms with E-state index in [1.807, 2.05) is 60.7 Å². The third kappa shape index (κ3) is 4.12. The Bertz CT molecular complexity index is 911. The minimum atomic E-state index is 0.555. The predicted molar refractivity (Wildman–Crippen MR) is 102 cm³/mol. The zero-order chi connectivity index (χ0) is 16.9. The zero-order valence-corrected chi connectivity index (χ0v) is 15.5. The SMILES string of the molecule is N#CC(=Cc1cc(Br)c(Sc2ccc(Cl)cc2)o1)c1ccccc1. The second-order valence-electron chi connectivity index (χ2n) is 4.88. The van der Waals surface area contributed by atoms with Crippen molar-refractivity contribution in [1.82, 2.24) is 0 Å². The fourth-order valence-electron chi connectivity index (χ4n) is 2.06. The Hall–Kier alpha value is -1.93. The molecule has 0 fully saturated rings. The van der Waals surface area contributed by atoms with Crippen LogP contribution in [0.1, 0.15) is 11.3 Å². The average Bonchev–Trinajstić information content (AvgIpc) is 2.95. The van der Waals surface area contributed by atoms with Gasteiger partial charge in [0.05, 0.1) is 16.1 Å². The van der Waals surface area contributed by atoms with E-state index in [0.29, 0.717) is 16.4 Å². The summed E-state index contributed by atoms with van der Waals surface area (Å²) in [5.41, 5.74) is 1.42. The van der Waals surface area contributed by atoms with Crippen LogP contribution < -0.4 is 0 Å². The number of hydrogen-bond acceptors (Lipinski definition) is 3. The van der Waals surface area contributed by atoms with Gasteiger partial charge in [0.1, 0.15) is 5.76 Å². The molecule has 0 amide bonds. The molecule has 0 radical (unpaired) electrons. The molecule has 0 spiro atoms. The van der Waals surface area contributed by atoms with E-state index >= 15 is 0 Å². The van der Waals surface area contributed by atoms with Gasteiger partial charge in [-0.15, -0.1) is 0 Å². The smallest absolute Gasteiger partial charge is 0.179 e. The number of nitrogens with zero attached hydrogens (tertiary/aromatic N) is 1. The molecule has 0 aliphatic carbocycles. The molecule has 5 heteroatoms. The standard InChI is InChI=1S/C19H11BrClNOS/c20-18-11-16(10-14(12-22)13-4-2-1-3-5-13)23-19(18)24-17-8-6-15(21)7-9-17/h1-11H. The third-order valence-electron chi connectivity index (χ3n) is 3.19. The van der Waals surface area contributed by atoms with E-state index in [0.717, 1.165) is 20.0 Å². The van der Waals surface area contributed by atoms with Gasteiger partial charge in [0, 0.05) is 9.92 Å². The van der Waals surface area contributed by atoms with E-state index in [4.69, 9.17) is 16.0 Å². The highest BCUT2D eigenvalue weighted by molar-refractivity contribution is 9.10. The number of hydrogen-bond donors (Lipinski definition) is 0.